The van der Waals surface area contributed by atoms with Gasteiger partial charge < -0.3 is 19.0 Å². The van der Waals surface area contributed by atoms with Crippen LogP contribution in [-0.4, -0.2) is 6.71 Å². The predicted octanol–water partition coefficient (Wildman–Crippen LogP) is 11.9. The van der Waals surface area contributed by atoms with Gasteiger partial charge in [0.25, 0.3) is 6.71 Å². The molecule has 0 saturated carbocycles. The highest BCUT2D eigenvalue weighted by molar-refractivity contribution is 6.99. The highest BCUT2D eigenvalue weighted by Gasteiger charge is 2.42. The average molecular weight is 709 g/mol. The molecule has 0 unspecified atom stereocenters. The lowest BCUT2D eigenvalue weighted by Crippen LogP contribution is -2.59. The highest BCUT2D eigenvalue weighted by Crippen LogP contribution is 2.44. The monoisotopic (exact) mass is 708 g/mol. The Morgan fingerprint density at radius 2 is 1.22 bits per heavy atom. The number of hydrogen-bond acceptors (Lipinski definition) is 4. The molecule has 2 aliphatic heterocycles. The van der Waals surface area contributed by atoms with E-state index in [9.17, 15) is 0 Å². The van der Waals surface area contributed by atoms with Gasteiger partial charge >= 0.3 is 0 Å². The first-order chi connectivity index (χ1) is 26.9. The van der Waals surface area contributed by atoms with Crippen molar-refractivity contribution in [1.29, 1.82) is 0 Å². The molecule has 2 aliphatic rings. The molecule has 0 spiro atoms. The summed E-state index contributed by atoms with van der Waals surface area (Å²) in [6.45, 7) is 6.77. The van der Waals surface area contributed by atoms with Crippen molar-refractivity contribution in [2.45, 2.75) is 26.2 Å². The molecule has 5 heteroatoms. The van der Waals surface area contributed by atoms with E-state index >= 15 is 0 Å². The summed E-state index contributed by atoms with van der Waals surface area (Å²) in [5.74, 6) is 1.77. The van der Waals surface area contributed by atoms with Crippen LogP contribution in [0.5, 0.6) is 11.5 Å². The Kier molecular flexibility index (Phi) is 6.87. The second-order valence-electron chi connectivity index (χ2n) is 15.8. The number of nitrogens with zero attached hydrogens (tertiary/aromatic N) is 2. The maximum Gasteiger partial charge on any atom is 0.256 e. The first-order valence-electron chi connectivity index (χ1n) is 19.0. The molecule has 11 rings (SSSR count). The van der Waals surface area contributed by atoms with Crippen molar-refractivity contribution in [2.75, 3.05) is 9.80 Å². The number of anilines is 6. The Labute approximate surface area is 320 Å². The first-order valence-corrected chi connectivity index (χ1v) is 19.0. The van der Waals surface area contributed by atoms with Crippen LogP contribution in [0.1, 0.15) is 26.3 Å². The van der Waals surface area contributed by atoms with E-state index < -0.39 is 0 Å². The van der Waals surface area contributed by atoms with Crippen LogP contribution in [0.15, 0.2) is 174 Å². The van der Waals surface area contributed by atoms with Crippen LogP contribution in [-0.2, 0) is 5.41 Å². The van der Waals surface area contributed by atoms with E-state index in [1.165, 1.54) is 22.2 Å². The van der Waals surface area contributed by atoms with Crippen molar-refractivity contribution in [3.05, 3.63) is 175 Å². The Bertz CT molecular complexity index is 2950. The lowest BCUT2D eigenvalue weighted by molar-refractivity contribution is 0.488. The van der Waals surface area contributed by atoms with Gasteiger partial charge in [-0.2, -0.15) is 0 Å². The van der Waals surface area contributed by atoms with Gasteiger partial charge in [0.15, 0.2) is 0 Å². The lowest BCUT2D eigenvalue weighted by Gasteiger charge is -2.39. The Balaban J connectivity index is 1.05. The summed E-state index contributed by atoms with van der Waals surface area (Å²) in [5, 5.41) is 4.34. The summed E-state index contributed by atoms with van der Waals surface area (Å²) < 4.78 is 13.7. The van der Waals surface area contributed by atoms with Gasteiger partial charge in [-0.25, -0.2) is 0 Å². The van der Waals surface area contributed by atoms with Crippen LogP contribution in [0.4, 0.5) is 34.1 Å². The molecule has 0 aliphatic carbocycles. The van der Waals surface area contributed by atoms with E-state index in [1.54, 1.807) is 0 Å². The zero-order valence-corrected chi connectivity index (χ0v) is 31.0. The summed E-state index contributed by atoms with van der Waals surface area (Å²) in [6.07, 6.45) is 0. The molecule has 55 heavy (non-hydrogen) atoms. The first kappa shape index (κ1) is 31.8. The van der Waals surface area contributed by atoms with E-state index in [1.807, 2.05) is 0 Å². The third kappa shape index (κ3) is 4.93. The molecule has 0 radical (unpaired) electrons. The predicted molar refractivity (Wildman–Crippen MR) is 230 cm³/mol. The second-order valence-corrected chi connectivity index (χ2v) is 15.8. The van der Waals surface area contributed by atoms with Gasteiger partial charge in [0.1, 0.15) is 22.7 Å². The van der Waals surface area contributed by atoms with Gasteiger partial charge in [0, 0.05) is 50.3 Å². The molecule has 0 amide bonds. The number of benzene rings is 8. The van der Waals surface area contributed by atoms with Crippen molar-refractivity contribution in [3.8, 4) is 11.5 Å². The lowest BCUT2D eigenvalue weighted by atomic mass is 9.34. The number of para-hydroxylation sites is 3. The molecule has 0 saturated heterocycles. The van der Waals surface area contributed by atoms with Crippen LogP contribution in [0.25, 0.3) is 32.7 Å². The SMILES string of the molecule is CC(C)(C)c1ccc(N(c2ccccc2)c2ccc3c(ccc4c5cc6c(cc5oc34)B3c4ccccc4N(c4ccccc4)c4cccc(c43)O6)c2)cc1. The maximum absolute atomic E-state index is 6.87. The Hall–Kier alpha value is -6.72. The molecule has 3 heterocycles. The minimum Gasteiger partial charge on any atom is -0.458 e. The van der Waals surface area contributed by atoms with E-state index in [-0.39, 0.29) is 12.1 Å². The van der Waals surface area contributed by atoms with Crippen LogP contribution < -0.4 is 30.9 Å². The zero-order chi connectivity index (χ0) is 36.8. The average Bonchev–Trinajstić information content (AvgIpc) is 3.58. The fourth-order valence-corrected chi connectivity index (χ4v) is 8.80. The van der Waals surface area contributed by atoms with Crippen LogP contribution >= 0.6 is 0 Å². The maximum atomic E-state index is 6.87. The summed E-state index contributed by atoms with van der Waals surface area (Å²) >= 11 is 0. The normalized spacial score (nSPS) is 13.1. The van der Waals surface area contributed by atoms with Crippen molar-refractivity contribution < 1.29 is 9.15 Å². The highest BCUT2D eigenvalue weighted by atomic mass is 16.5. The second kappa shape index (κ2) is 11.9. The van der Waals surface area contributed by atoms with Gasteiger partial charge in [-0.05, 0) is 124 Å². The quantitative estimate of drug-likeness (QED) is 0.170. The molecule has 0 N–H and O–H groups in total. The van der Waals surface area contributed by atoms with E-state index in [0.717, 1.165) is 78.1 Å². The van der Waals surface area contributed by atoms with Crippen LogP contribution in [0.3, 0.4) is 0 Å². The third-order valence-corrected chi connectivity index (χ3v) is 11.4. The van der Waals surface area contributed by atoms with Gasteiger partial charge in [0.05, 0.1) is 0 Å². The molecule has 9 aromatic rings. The van der Waals surface area contributed by atoms with E-state index in [4.69, 9.17) is 9.15 Å². The fraction of sp³-hybridized carbons (Fsp3) is 0.0800. The molecule has 0 bridgehead atoms. The number of furan rings is 1. The minimum absolute atomic E-state index is 0.00413. The molecular weight excluding hydrogens is 671 g/mol. The molecule has 0 fully saturated rings. The van der Waals surface area contributed by atoms with Crippen molar-refractivity contribution in [3.63, 3.8) is 0 Å². The fourth-order valence-electron chi connectivity index (χ4n) is 8.80. The van der Waals surface area contributed by atoms with E-state index in [2.05, 4.69) is 200 Å². The number of hydrogen-bond donors (Lipinski definition) is 0. The van der Waals surface area contributed by atoms with Crippen molar-refractivity contribution in [1.82, 2.24) is 0 Å². The molecule has 8 aromatic carbocycles. The minimum atomic E-state index is 0.00413. The largest absolute Gasteiger partial charge is 0.458 e. The van der Waals surface area contributed by atoms with Crippen molar-refractivity contribution in [2.24, 2.45) is 0 Å². The van der Waals surface area contributed by atoms with E-state index in [0.29, 0.717) is 0 Å². The Morgan fingerprint density at radius 3 is 2.02 bits per heavy atom. The number of fused-ring (bicyclic) bond motifs is 9. The molecule has 4 nitrogen and oxygen atoms in total. The Morgan fingerprint density at radius 1 is 0.527 bits per heavy atom. The zero-order valence-electron chi connectivity index (χ0n) is 31.0. The topological polar surface area (TPSA) is 28.9 Å². The summed E-state index contributed by atoms with van der Waals surface area (Å²) in [4.78, 5) is 4.69. The molecule has 262 valence electrons. The van der Waals surface area contributed by atoms with Gasteiger partial charge in [-0.15, -0.1) is 0 Å². The third-order valence-electron chi connectivity index (χ3n) is 11.4. The van der Waals surface area contributed by atoms with Gasteiger partial charge in [-0.1, -0.05) is 99.6 Å². The molecule has 1 aromatic heterocycles. The summed E-state index contributed by atoms with van der Waals surface area (Å²) in [5.41, 5.74) is 13.5. The number of rotatable bonds is 4. The molecular formula is C50H37BN2O2. The summed E-state index contributed by atoms with van der Waals surface area (Å²) in [6, 6.07) is 60.9. The standard InChI is InChI=1S/C50H37BN2O2/c1-50(2,3)33-22-24-36(25-23-33)52(34-13-6-4-7-14-34)37-26-28-38-32(29-37)21-27-39-40-30-47-42(31-46(40)55-49(38)39)51-41-17-10-11-18-43(41)53(35-15-8-5-9-16-35)44-19-12-20-45(54-47)48(44)51/h4-31H,1-3H3. The number of ether oxygens (including phenoxy) is 1. The van der Waals surface area contributed by atoms with Gasteiger partial charge in [0.2, 0.25) is 0 Å². The smallest absolute Gasteiger partial charge is 0.256 e. The van der Waals surface area contributed by atoms with Crippen molar-refractivity contribution >= 4 is 89.9 Å². The summed E-state index contributed by atoms with van der Waals surface area (Å²) in [7, 11) is 0. The van der Waals surface area contributed by atoms with Crippen LogP contribution in [0.2, 0.25) is 0 Å². The van der Waals surface area contributed by atoms with Crippen LogP contribution in [0, 0.1) is 0 Å². The van der Waals surface area contributed by atoms with Gasteiger partial charge in [-0.3, -0.25) is 0 Å². The molecule has 0 atom stereocenters.